The molecule has 0 fully saturated rings. The summed E-state index contributed by atoms with van der Waals surface area (Å²) in [6.07, 6.45) is 1.74. The lowest BCUT2D eigenvalue weighted by Crippen LogP contribution is -1.77. The highest BCUT2D eigenvalue weighted by Crippen LogP contribution is 2.32. The summed E-state index contributed by atoms with van der Waals surface area (Å²) in [4.78, 5) is 4.97. The SMILES string of the molecule is Nc1ncc(-c2ccccc2Cl)s1. The highest BCUT2D eigenvalue weighted by atomic mass is 35.5. The molecule has 0 saturated carbocycles. The van der Waals surface area contributed by atoms with Gasteiger partial charge < -0.3 is 5.73 Å². The molecule has 0 aliphatic heterocycles. The van der Waals surface area contributed by atoms with Crippen molar-refractivity contribution in [3.05, 3.63) is 35.5 Å². The third-order valence-electron chi connectivity index (χ3n) is 1.66. The summed E-state index contributed by atoms with van der Waals surface area (Å²) < 4.78 is 0. The van der Waals surface area contributed by atoms with Crippen molar-refractivity contribution in [3.8, 4) is 10.4 Å². The maximum Gasteiger partial charge on any atom is 0.180 e. The maximum atomic E-state index is 6.01. The molecule has 13 heavy (non-hydrogen) atoms. The summed E-state index contributed by atoms with van der Waals surface area (Å²) in [5.41, 5.74) is 6.51. The van der Waals surface area contributed by atoms with Crippen molar-refractivity contribution in [1.29, 1.82) is 0 Å². The van der Waals surface area contributed by atoms with E-state index in [0.717, 1.165) is 15.5 Å². The number of benzene rings is 1. The van der Waals surface area contributed by atoms with Crippen molar-refractivity contribution < 1.29 is 0 Å². The zero-order valence-electron chi connectivity index (χ0n) is 6.70. The van der Waals surface area contributed by atoms with Gasteiger partial charge in [-0.1, -0.05) is 41.1 Å². The highest BCUT2D eigenvalue weighted by Gasteiger charge is 2.04. The number of thiazole rings is 1. The van der Waals surface area contributed by atoms with Crippen molar-refractivity contribution >= 4 is 28.1 Å². The number of halogens is 1. The molecule has 2 aromatic rings. The van der Waals surface area contributed by atoms with Crippen LogP contribution in [0.5, 0.6) is 0 Å². The second-order valence-corrected chi connectivity index (χ2v) is 4.01. The molecule has 0 radical (unpaired) electrons. The van der Waals surface area contributed by atoms with Gasteiger partial charge in [0.25, 0.3) is 0 Å². The van der Waals surface area contributed by atoms with Gasteiger partial charge in [0.05, 0.1) is 4.88 Å². The molecule has 0 aliphatic rings. The van der Waals surface area contributed by atoms with Gasteiger partial charge in [-0.2, -0.15) is 0 Å². The van der Waals surface area contributed by atoms with Gasteiger partial charge in [-0.05, 0) is 6.07 Å². The number of nitrogen functional groups attached to an aromatic ring is 1. The zero-order chi connectivity index (χ0) is 9.26. The number of aromatic nitrogens is 1. The summed E-state index contributed by atoms with van der Waals surface area (Å²) in [6.45, 7) is 0. The standard InChI is InChI=1S/C9H7ClN2S/c10-7-4-2-1-3-6(7)8-5-12-9(11)13-8/h1-5H,(H2,11,12). The summed E-state index contributed by atoms with van der Waals surface area (Å²) in [6, 6.07) is 7.65. The Bertz CT molecular complexity index is 425. The van der Waals surface area contributed by atoms with E-state index in [4.69, 9.17) is 17.3 Å². The number of hydrogen-bond donors (Lipinski definition) is 1. The lowest BCUT2D eigenvalue weighted by Gasteiger charge is -1.97. The predicted octanol–water partition coefficient (Wildman–Crippen LogP) is 3.05. The minimum Gasteiger partial charge on any atom is -0.375 e. The molecule has 4 heteroatoms. The van der Waals surface area contributed by atoms with Crippen LogP contribution in [0, 0.1) is 0 Å². The Morgan fingerprint density at radius 3 is 2.69 bits per heavy atom. The molecule has 1 aromatic carbocycles. The Hall–Kier alpha value is -1.06. The molecular formula is C9H7ClN2S. The van der Waals surface area contributed by atoms with Crippen molar-refractivity contribution in [2.24, 2.45) is 0 Å². The molecule has 0 saturated heterocycles. The molecule has 0 spiro atoms. The van der Waals surface area contributed by atoms with E-state index in [2.05, 4.69) is 4.98 Å². The van der Waals surface area contributed by atoms with Crippen LogP contribution in [0.25, 0.3) is 10.4 Å². The van der Waals surface area contributed by atoms with Gasteiger partial charge in [0.2, 0.25) is 0 Å². The molecule has 0 bridgehead atoms. The minimum absolute atomic E-state index is 0.565. The largest absolute Gasteiger partial charge is 0.375 e. The van der Waals surface area contributed by atoms with Crippen LogP contribution < -0.4 is 5.73 Å². The van der Waals surface area contributed by atoms with E-state index in [-0.39, 0.29) is 0 Å². The van der Waals surface area contributed by atoms with Gasteiger partial charge in [-0.3, -0.25) is 0 Å². The minimum atomic E-state index is 0.565. The Kier molecular flexibility index (Phi) is 2.20. The summed E-state index contributed by atoms with van der Waals surface area (Å²) in [5, 5.41) is 1.29. The molecular weight excluding hydrogens is 204 g/mol. The average molecular weight is 211 g/mol. The fraction of sp³-hybridized carbons (Fsp3) is 0. The zero-order valence-corrected chi connectivity index (χ0v) is 8.27. The van der Waals surface area contributed by atoms with E-state index in [1.807, 2.05) is 24.3 Å². The number of nitrogens with zero attached hydrogens (tertiary/aromatic N) is 1. The van der Waals surface area contributed by atoms with E-state index in [1.54, 1.807) is 6.20 Å². The van der Waals surface area contributed by atoms with Crippen LogP contribution >= 0.6 is 22.9 Å². The molecule has 1 aromatic heterocycles. The lowest BCUT2D eigenvalue weighted by atomic mass is 10.2. The van der Waals surface area contributed by atoms with E-state index in [1.165, 1.54) is 11.3 Å². The molecule has 0 aliphatic carbocycles. The second-order valence-electron chi connectivity index (χ2n) is 2.54. The monoisotopic (exact) mass is 210 g/mol. The van der Waals surface area contributed by atoms with E-state index >= 15 is 0 Å². The molecule has 2 rings (SSSR count). The van der Waals surface area contributed by atoms with Crippen LogP contribution in [0.1, 0.15) is 0 Å². The summed E-state index contributed by atoms with van der Waals surface area (Å²) in [7, 11) is 0. The smallest absolute Gasteiger partial charge is 0.180 e. The van der Waals surface area contributed by atoms with Crippen molar-refractivity contribution in [3.63, 3.8) is 0 Å². The Morgan fingerprint density at radius 1 is 1.31 bits per heavy atom. The lowest BCUT2D eigenvalue weighted by molar-refractivity contribution is 1.42. The summed E-state index contributed by atoms with van der Waals surface area (Å²) >= 11 is 7.44. The van der Waals surface area contributed by atoms with E-state index in [9.17, 15) is 0 Å². The van der Waals surface area contributed by atoms with Gasteiger partial charge in [-0.15, -0.1) is 0 Å². The Balaban J connectivity index is 2.52. The molecule has 2 N–H and O–H groups in total. The highest BCUT2D eigenvalue weighted by molar-refractivity contribution is 7.18. The molecule has 0 atom stereocenters. The first kappa shape index (κ1) is 8.53. The van der Waals surface area contributed by atoms with Gasteiger partial charge in [0.1, 0.15) is 0 Å². The number of anilines is 1. The van der Waals surface area contributed by atoms with Gasteiger partial charge in [0.15, 0.2) is 5.13 Å². The van der Waals surface area contributed by atoms with Crippen LogP contribution in [-0.4, -0.2) is 4.98 Å². The first-order valence-corrected chi connectivity index (χ1v) is 4.93. The number of hydrogen-bond acceptors (Lipinski definition) is 3. The third kappa shape index (κ3) is 1.66. The topological polar surface area (TPSA) is 38.9 Å². The predicted molar refractivity (Wildman–Crippen MR) is 57.0 cm³/mol. The van der Waals surface area contributed by atoms with Crippen LogP contribution in [0.4, 0.5) is 5.13 Å². The second kappa shape index (κ2) is 3.36. The quantitative estimate of drug-likeness (QED) is 0.786. The third-order valence-corrected chi connectivity index (χ3v) is 2.85. The Labute approximate surface area is 85.0 Å². The molecule has 66 valence electrons. The molecule has 0 amide bonds. The van der Waals surface area contributed by atoms with Gasteiger partial charge >= 0.3 is 0 Å². The van der Waals surface area contributed by atoms with E-state index < -0.39 is 0 Å². The van der Waals surface area contributed by atoms with Crippen molar-refractivity contribution in [1.82, 2.24) is 4.98 Å². The van der Waals surface area contributed by atoms with Gasteiger partial charge in [-0.25, -0.2) is 4.98 Å². The van der Waals surface area contributed by atoms with Gasteiger partial charge in [0, 0.05) is 16.8 Å². The molecule has 2 nitrogen and oxygen atoms in total. The molecule has 0 unspecified atom stereocenters. The van der Waals surface area contributed by atoms with Crippen molar-refractivity contribution in [2.45, 2.75) is 0 Å². The van der Waals surface area contributed by atoms with Crippen molar-refractivity contribution in [2.75, 3.05) is 5.73 Å². The fourth-order valence-electron chi connectivity index (χ4n) is 1.07. The summed E-state index contributed by atoms with van der Waals surface area (Å²) in [5.74, 6) is 0. The first-order valence-electron chi connectivity index (χ1n) is 3.73. The number of nitrogens with two attached hydrogens (primary N) is 1. The Morgan fingerprint density at radius 2 is 2.08 bits per heavy atom. The first-order chi connectivity index (χ1) is 6.27. The molecule has 1 heterocycles. The number of rotatable bonds is 1. The van der Waals surface area contributed by atoms with E-state index in [0.29, 0.717) is 5.13 Å². The maximum absolute atomic E-state index is 6.01. The van der Waals surface area contributed by atoms with Crippen LogP contribution in [0.15, 0.2) is 30.5 Å². The van der Waals surface area contributed by atoms with Crippen LogP contribution in [0.2, 0.25) is 5.02 Å². The normalized spacial score (nSPS) is 10.2. The van der Waals surface area contributed by atoms with Crippen LogP contribution in [-0.2, 0) is 0 Å². The average Bonchev–Trinajstić information content (AvgIpc) is 2.53. The van der Waals surface area contributed by atoms with Crippen LogP contribution in [0.3, 0.4) is 0 Å². The fourth-order valence-corrected chi connectivity index (χ4v) is 2.09.